The highest BCUT2D eigenvalue weighted by Gasteiger charge is 2.48. The first-order valence-corrected chi connectivity index (χ1v) is 11.2. The summed E-state index contributed by atoms with van der Waals surface area (Å²) in [5.41, 5.74) is 0.486. The van der Waals surface area contributed by atoms with Gasteiger partial charge in [-0.1, -0.05) is 30.0 Å². The third kappa shape index (κ3) is 3.39. The molecule has 5 rings (SSSR count). The molecule has 3 aromatic rings. The summed E-state index contributed by atoms with van der Waals surface area (Å²) in [4.78, 5) is 41.8. The van der Waals surface area contributed by atoms with E-state index in [4.69, 9.17) is 9.47 Å². The zero-order valence-electron chi connectivity index (χ0n) is 17.9. The summed E-state index contributed by atoms with van der Waals surface area (Å²) in [6.45, 7) is 4.95. The number of thioether (sulfide) groups is 1. The topological polar surface area (TPSA) is 132 Å². The number of aromatic amines is 1. The average Bonchev–Trinajstić information content (AvgIpc) is 3.28. The van der Waals surface area contributed by atoms with Crippen molar-refractivity contribution in [1.82, 2.24) is 10.1 Å². The van der Waals surface area contributed by atoms with Crippen LogP contribution in [0.1, 0.15) is 18.7 Å². The number of rotatable bonds is 5. The van der Waals surface area contributed by atoms with Gasteiger partial charge < -0.3 is 9.47 Å². The Labute approximate surface area is 196 Å². The number of amides is 1. The van der Waals surface area contributed by atoms with E-state index >= 15 is 0 Å². The normalized spacial score (nSPS) is 15.4. The molecule has 1 amide bonds. The SMILES string of the molecule is C=CCSc1n[n+]2c(c(=O)[nH]1)-c1ccccc1N(C(C)=O)[C@@H]2c1cc2c(cc1[N+](=O)[O-])OCO2. The van der Waals surface area contributed by atoms with Crippen LogP contribution in [0.5, 0.6) is 11.5 Å². The number of nitro benzene ring substituents is 1. The standard InChI is InChI=1S/C22H17N5O6S/c1-3-8-34-22-23-20(29)19-13-6-4-5-7-15(13)25(12(2)28)21(26(19)24-22)14-9-17-18(33-11-32-17)10-16(14)27(30)31/h3-7,9-10,21H,1,8,11H2,2H3/p+1/t21-/m0/s1. The molecule has 0 saturated carbocycles. The summed E-state index contributed by atoms with van der Waals surface area (Å²) >= 11 is 1.24. The molecule has 2 aliphatic heterocycles. The number of nitrogens with zero attached hydrogens (tertiary/aromatic N) is 4. The van der Waals surface area contributed by atoms with Crippen LogP contribution in [0.2, 0.25) is 0 Å². The molecule has 0 saturated heterocycles. The van der Waals surface area contributed by atoms with Crippen LogP contribution in [0.25, 0.3) is 11.3 Å². The number of H-pyrrole nitrogens is 1. The number of para-hydroxylation sites is 1. The predicted octanol–water partition coefficient (Wildman–Crippen LogP) is 2.55. The van der Waals surface area contributed by atoms with Crippen LogP contribution >= 0.6 is 11.8 Å². The second-order valence-electron chi connectivity index (χ2n) is 7.45. The first-order chi connectivity index (χ1) is 16.4. The van der Waals surface area contributed by atoms with Gasteiger partial charge in [0.1, 0.15) is 5.56 Å². The minimum absolute atomic E-state index is 0.0795. The van der Waals surface area contributed by atoms with E-state index in [1.807, 2.05) is 0 Å². The van der Waals surface area contributed by atoms with Gasteiger partial charge in [-0.3, -0.25) is 24.7 Å². The van der Waals surface area contributed by atoms with E-state index in [1.54, 1.807) is 30.3 Å². The molecular formula is C22H18N5O6S+. The molecule has 0 bridgehead atoms. The fourth-order valence-corrected chi connectivity index (χ4v) is 4.69. The molecule has 34 heavy (non-hydrogen) atoms. The van der Waals surface area contributed by atoms with E-state index in [-0.39, 0.29) is 40.6 Å². The van der Waals surface area contributed by atoms with Crippen molar-refractivity contribution in [3.63, 3.8) is 0 Å². The van der Waals surface area contributed by atoms with Crippen LogP contribution in [-0.2, 0) is 4.79 Å². The molecule has 1 atom stereocenters. The van der Waals surface area contributed by atoms with Crippen molar-refractivity contribution in [2.75, 3.05) is 17.4 Å². The van der Waals surface area contributed by atoms with Crippen molar-refractivity contribution < 1.29 is 23.9 Å². The second kappa shape index (κ2) is 8.30. The molecule has 0 fully saturated rings. The third-order valence-corrected chi connectivity index (χ3v) is 6.29. The Morgan fingerprint density at radius 2 is 2.12 bits per heavy atom. The van der Waals surface area contributed by atoms with E-state index in [1.165, 1.54) is 40.4 Å². The quantitative estimate of drug-likeness (QED) is 0.194. The highest BCUT2D eigenvalue weighted by atomic mass is 32.2. The Hall–Kier alpha value is -4.19. The molecule has 2 aliphatic rings. The van der Waals surface area contributed by atoms with Gasteiger partial charge in [0.15, 0.2) is 11.5 Å². The fraction of sp³-hybridized carbons (Fsp3) is 0.182. The van der Waals surface area contributed by atoms with Crippen molar-refractivity contribution in [2.45, 2.75) is 18.2 Å². The number of nitrogens with one attached hydrogen (secondary N) is 1. The Morgan fingerprint density at radius 3 is 2.82 bits per heavy atom. The van der Waals surface area contributed by atoms with E-state index in [0.29, 0.717) is 22.8 Å². The number of hydrogen-bond acceptors (Lipinski definition) is 8. The molecule has 0 aliphatic carbocycles. The number of carbonyl (C=O) groups is 1. The number of benzene rings is 2. The van der Waals surface area contributed by atoms with Gasteiger partial charge in [0.2, 0.25) is 17.9 Å². The lowest BCUT2D eigenvalue weighted by Crippen LogP contribution is -2.60. The highest BCUT2D eigenvalue weighted by Crippen LogP contribution is 2.44. The number of ether oxygens (including phenoxy) is 2. The van der Waals surface area contributed by atoms with Gasteiger partial charge >= 0.3 is 11.3 Å². The lowest BCUT2D eigenvalue weighted by molar-refractivity contribution is -0.763. The maximum atomic E-state index is 13.2. The average molecular weight is 480 g/mol. The summed E-state index contributed by atoms with van der Waals surface area (Å²) in [5.74, 6) is 0.623. The molecule has 3 heterocycles. The minimum Gasteiger partial charge on any atom is -0.454 e. The van der Waals surface area contributed by atoms with Crippen LogP contribution in [0, 0.1) is 10.1 Å². The molecular weight excluding hydrogens is 462 g/mol. The van der Waals surface area contributed by atoms with Crippen LogP contribution in [0.15, 0.2) is 59.0 Å². The summed E-state index contributed by atoms with van der Waals surface area (Å²) in [7, 11) is 0. The van der Waals surface area contributed by atoms with E-state index in [0.717, 1.165) is 0 Å². The summed E-state index contributed by atoms with van der Waals surface area (Å²) < 4.78 is 12.1. The largest absolute Gasteiger partial charge is 0.454 e. The van der Waals surface area contributed by atoms with Crippen LogP contribution < -0.4 is 24.6 Å². The van der Waals surface area contributed by atoms with Crippen molar-refractivity contribution in [3.8, 4) is 22.8 Å². The molecule has 12 heteroatoms. The molecule has 172 valence electrons. The molecule has 1 N–H and O–H groups in total. The second-order valence-corrected chi connectivity index (χ2v) is 8.46. The lowest BCUT2D eigenvalue weighted by Gasteiger charge is -2.31. The summed E-state index contributed by atoms with van der Waals surface area (Å²) in [5, 5.41) is 16.9. The van der Waals surface area contributed by atoms with Gasteiger partial charge in [0.05, 0.1) is 22.2 Å². The van der Waals surface area contributed by atoms with Gasteiger partial charge in [-0.05, 0) is 16.8 Å². The maximum Gasteiger partial charge on any atom is 0.325 e. The van der Waals surface area contributed by atoms with Crippen LogP contribution in [-0.4, -0.2) is 33.5 Å². The van der Waals surface area contributed by atoms with Gasteiger partial charge in [-0.2, -0.15) is 0 Å². The van der Waals surface area contributed by atoms with Crippen LogP contribution in [0.4, 0.5) is 11.4 Å². The summed E-state index contributed by atoms with van der Waals surface area (Å²) in [6.07, 6.45) is 0.536. The molecule has 0 spiro atoms. The number of carbonyl (C=O) groups excluding carboxylic acids is 1. The molecule has 1 aromatic heterocycles. The molecule has 11 nitrogen and oxygen atoms in total. The number of fused-ring (bicyclic) bond motifs is 4. The van der Waals surface area contributed by atoms with Gasteiger partial charge in [-0.15, -0.1) is 6.58 Å². The molecule has 2 aromatic carbocycles. The molecule has 0 unspecified atom stereocenters. The maximum absolute atomic E-state index is 13.2. The van der Waals surface area contributed by atoms with E-state index < -0.39 is 16.6 Å². The van der Waals surface area contributed by atoms with Crippen LogP contribution in [0.3, 0.4) is 0 Å². The van der Waals surface area contributed by atoms with Gasteiger partial charge in [0, 0.05) is 23.8 Å². The van der Waals surface area contributed by atoms with E-state index in [2.05, 4.69) is 16.7 Å². The number of nitro groups is 1. The van der Waals surface area contributed by atoms with Gasteiger partial charge in [-0.25, -0.2) is 4.90 Å². The minimum atomic E-state index is -1.12. The Balaban J connectivity index is 1.85. The van der Waals surface area contributed by atoms with Gasteiger partial charge in [0.25, 0.3) is 11.9 Å². The van der Waals surface area contributed by atoms with Crippen molar-refractivity contribution in [2.24, 2.45) is 0 Å². The van der Waals surface area contributed by atoms with Crippen molar-refractivity contribution in [3.05, 3.63) is 75.1 Å². The number of hydrogen-bond donors (Lipinski definition) is 1. The Bertz CT molecular complexity index is 1420. The Kier molecular flexibility index (Phi) is 5.28. The number of anilines is 1. The first kappa shape index (κ1) is 21.6. The fourth-order valence-electron chi connectivity index (χ4n) is 4.11. The van der Waals surface area contributed by atoms with Crippen molar-refractivity contribution >= 4 is 29.0 Å². The monoisotopic (exact) mass is 480 g/mol. The van der Waals surface area contributed by atoms with Crippen molar-refractivity contribution in [1.29, 1.82) is 0 Å². The van der Waals surface area contributed by atoms with E-state index in [9.17, 15) is 19.7 Å². The zero-order valence-corrected chi connectivity index (χ0v) is 18.7. The third-order valence-electron chi connectivity index (χ3n) is 5.43. The Morgan fingerprint density at radius 1 is 1.38 bits per heavy atom. The number of aromatic nitrogens is 3. The smallest absolute Gasteiger partial charge is 0.325 e. The summed E-state index contributed by atoms with van der Waals surface area (Å²) in [6, 6.07) is 9.58. The first-order valence-electron chi connectivity index (χ1n) is 10.2. The molecule has 0 radical (unpaired) electrons. The highest BCUT2D eigenvalue weighted by molar-refractivity contribution is 7.99. The zero-order chi connectivity index (χ0) is 24.0. The predicted molar refractivity (Wildman–Crippen MR) is 122 cm³/mol. The lowest BCUT2D eigenvalue weighted by atomic mass is 10.00.